The first-order valence-corrected chi connectivity index (χ1v) is 8.89. The molecule has 0 N–H and O–H groups in total. The van der Waals surface area contributed by atoms with Crippen molar-refractivity contribution < 1.29 is 14.0 Å². The van der Waals surface area contributed by atoms with Gasteiger partial charge in [-0.1, -0.05) is 29.8 Å². The van der Waals surface area contributed by atoms with Crippen LogP contribution in [0.25, 0.3) is 0 Å². The molecule has 2 amide bonds. The minimum Gasteiger partial charge on any atom is -0.312 e. The maximum Gasteiger partial charge on any atom is 0.229 e. The van der Waals surface area contributed by atoms with E-state index in [4.69, 9.17) is 11.6 Å². The Kier molecular flexibility index (Phi) is 5.28. The number of hydrogen-bond acceptors (Lipinski definition) is 2. The molecule has 1 heterocycles. The molecule has 2 aromatic carbocycles. The Balaban J connectivity index is 1.74. The number of benzene rings is 2. The van der Waals surface area contributed by atoms with E-state index >= 15 is 0 Å². The van der Waals surface area contributed by atoms with Crippen molar-refractivity contribution >= 4 is 34.8 Å². The Morgan fingerprint density at radius 3 is 2.69 bits per heavy atom. The fourth-order valence-electron chi connectivity index (χ4n) is 3.39. The van der Waals surface area contributed by atoms with Gasteiger partial charge in [0.1, 0.15) is 5.82 Å². The molecule has 1 atom stereocenters. The van der Waals surface area contributed by atoms with Gasteiger partial charge in [-0.15, -0.1) is 0 Å². The fraction of sp³-hybridized carbons (Fsp3) is 0.300. The second-order valence-electron chi connectivity index (χ2n) is 6.46. The molecule has 6 heteroatoms. The van der Waals surface area contributed by atoms with Crippen LogP contribution in [-0.2, 0) is 16.0 Å². The summed E-state index contributed by atoms with van der Waals surface area (Å²) in [7, 11) is 0. The maximum atomic E-state index is 13.4. The molecular weight excluding hydrogens is 355 g/mol. The minimum atomic E-state index is -0.544. The zero-order valence-corrected chi connectivity index (χ0v) is 15.5. The first kappa shape index (κ1) is 18.4. The van der Waals surface area contributed by atoms with Crippen LogP contribution in [0, 0.1) is 5.82 Å². The topological polar surface area (TPSA) is 40.6 Å². The summed E-state index contributed by atoms with van der Waals surface area (Å²) in [5, 5.41) is -0.0535. The van der Waals surface area contributed by atoms with Crippen LogP contribution in [0.1, 0.15) is 25.8 Å². The van der Waals surface area contributed by atoms with Gasteiger partial charge in [0, 0.05) is 37.3 Å². The van der Waals surface area contributed by atoms with Crippen molar-refractivity contribution in [3.8, 4) is 0 Å². The second kappa shape index (κ2) is 7.46. The molecule has 0 bridgehead atoms. The number of para-hydroxylation sites is 1. The van der Waals surface area contributed by atoms with Crippen LogP contribution in [0.4, 0.5) is 15.8 Å². The zero-order chi connectivity index (χ0) is 18.8. The first-order chi connectivity index (χ1) is 12.4. The van der Waals surface area contributed by atoms with E-state index in [2.05, 4.69) is 0 Å². The molecule has 3 rings (SSSR count). The van der Waals surface area contributed by atoms with Crippen molar-refractivity contribution in [3.63, 3.8) is 0 Å². The van der Waals surface area contributed by atoms with Gasteiger partial charge in [0.15, 0.2) is 0 Å². The summed E-state index contributed by atoms with van der Waals surface area (Å²) in [6.45, 7) is 3.64. The van der Waals surface area contributed by atoms with E-state index < -0.39 is 5.82 Å². The normalized spacial score (nSPS) is 15.7. The number of carbonyl (C=O) groups is 2. The number of rotatable bonds is 4. The predicted molar refractivity (Wildman–Crippen MR) is 101 cm³/mol. The van der Waals surface area contributed by atoms with Crippen LogP contribution in [0.3, 0.4) is 0 Å². The van der Waals surface area contributed by atoms with Crippen LogP contribution in [0.2, 0.25) is 5.02 Å². The van der Waals surface area contributed by atoms with Crippen molar-refractivity contribution in [2.24, 2.45) is 0 Å². The van der Waals surface area contributed by atoms with Gasteiger partial charge in [0.25, 0.3) is 0 Å². The number of anilines is 2. The maximum absolute atomic E-state index is 13.4. The van der Waals surface area contributed by atoms with Gasteiger partial charge in [-0.3, -0.25) is 9.59 Å². The Hall–Kier alpha value is -2.40. The van der Waals surface area contributed by atoms with Gasteiger partial charge in [-0.25, -0.2) is 4.39 Å². The van der Waals surface area contributed by atoms with E-state index in [-0.39, 0.29) is 35.8 Å². The van der Waals surface area contributed by atoms with Crippen molar-refractivity contribution in [2.45, 2.75) is 32.7 Å². The van der Waals surface area contributed by atoms with Gasteiger partial charge in [-0.05, 0) is 43.2 Å². The van der Waals surface area contributed by atoms with Crippen LogP contribution in [0.5, 0.6) is 0 Å². The van der Waals surface area contributed by atoms with Gasteiger partial charge in [0.05, 0.1) is 5.02 Å². The summed E-state index contributed by atoms with van der Waals surface area (Å²) >= 11 is 5.82. The van der Waals surface area contributed by atoms with E-state index in [1.54, 1.807) is 4.90 Å². The summed E-state index contributed by atoms with van der Waals surface area (Å²) in [4.78, 5) is 28.0. The van der Waals surface area contributed by atoms with Crippen LogP contribution < -0.4 is 9.80 Å². The Morgan fingerprint density at radius 2 is 2.00 bits per heavy atom. The Bertz CT molecular complexity index is 855. The Morgan fingerprint density at radius 1 is 1.27 bits per heavy atom. The third-order valence-corrected chi connectivity index (χ3v) is 4.91. The van der Waals surface area contributed by atoms with Crippen LogP contribution >= 0.6 is 11.6 Å². The highest BCUT2D eigenvalue weighted by Gasteiger charge is 2.30. The lowest BCUT2D eigenvalue weighted by Crippen LogP contribution is -2.39. The standard InChI is InChI=1S/C20H20ClFN2O2/c1-13-11-15-5-3-4-6-19(15)24(13)20(26)9-10-23(14(2)25)16-7-8-18(22)17(21)12-16/h3-8,12-13H,9-11H2,1-2H3. The second-order valence-corrected chi connectivity index (χ2v) is 6.87. The van der Waals surface area contributed by atoms with Crippen LogP contribution in [0.15, 0.2) is 42.5 Å². The van der Waals surface area contributed by atoms with Gasteiger partial charge in [0.2, 0.25) is 11.8 Å². The SMILES string of the molecule is CC(=O)N(CCC(=O)N1c2ccccc2CC1C)c1ccc(F)c(Cl)c1. The van der Waals surface area contributed by atoms with E-state index in [1.807, 2.05) is 31.2 Å². The molecule has 0 radical (unpaired) electrons. The molecule has 1 aliphatic rings. The van der Waals surface area contributed by atoms with E-state index in [0.717, 1.165) is 17.7 Å². The first-order valence-electron chi connectivity index (χ1n) is 8.51. The van der Waals surface area contributed by atoms with E-state index in [0.29, 0.717) is 5.69 Å². The smallest absolute Gasteiger partial charge is 0.229 e. The van der Waals surface area contributed by atoms with Crippen molar-refractivity contribution in [3.05, 3.63) is 58.9 Å². The molecule has 0 spiro atoms. The lowest BCUT2D eigenvalue weighted by Gasteiger charge is -2.26. The monoisotopic (exact) mass is 374 g/mol. The van der Waals surface area contributed by atoms with Gasteiger partial charge < -0.3 is 9.80 Å². The largest absolute Gasteiger partial charge is 0.312 e. The summed E-state index contributed by atoms with van der Waals surface area (Å²) < 4.78 is 13.4. The Labute approximate surface area is 157 Å². The molecule has 1 aliphatic heterocycles. The van der Waals surface area contributed by atoms with Gasteiger partial charge in [-0.2, -0.15) is 0 Å². The summed E-state index contributed by atoms with van der Waals surface area (Å²) in [5.41, 5.74) is 2.57. The number of nitrogens with zero attached hydrogens (tertiary/aromatic N) is 2. The quantitative estimate of drug-likeness (QED) is 0.804. The number of halogens is 2. The van der Waals surface area contributed by atoms with Crippen molar-refractivity contribution in [1.29, 1.82) is 0 Å². The molecular formula is C20H20ClFN2O2. The zero-order valence-electron chi connectivity index (χ0n) is 14.7. The molecule has 0 saturated heterocycles. The van der Waals surface area contributed by atoms with E-state index in [1.165, 1.54) is 30.0 Å². The predicted octanol–water partition coefficient (Wildman–Crippen LogP) is 4.20. The van der Waals surface area contributed by atoms with Crippen LogP contribution in [-0.4, -0.2) is 24.4 Å². The lowest BCUT2D eigenvalue weighted by atomic mass is 10.1. The molecule has 136 valence electrons. The number of fused-ring (bicyclic) bond motifs is 1. The summed E-state index contributed by atoms with van der Waals surface area (Å²) in [5.74, 6) is -0.810. The molecule has 26 heavy (non-hydrogen) atoms. The average molecular weight is 375 g/mol. The average Bonchev–Trinajstić information content (AvgIpc) is 2.93. The fourth-order valence-corrected chi connectivity index (χ4v) is 3.57. The van der Waals surface area contributed by atoms with Gasteiger partial charge >= 0.3 is 0 Å². The molecule has 0 aromatic heterocycles. The molecule has 0 fully saturated rings. The number of hydrogen-bond donors (Lipinski definition) is 0. The third kappa shape index (κ3) is 3.58. The highest BCUT2D eigenvalue weighted by atomic mass is 35.5. The summed E-state index contributed by atoms with van der Waals surface area (Å²) in [6, 6.07) is 12.0. The molecule has 0 saturated carbocycles. The van der Waals surface area contributed by atoms with Crippen molar-refractivity contribution in [2.75, 3.05) is 16.3 Å². The van der Waals surface area contributed by atoms with E-state index in [9.17, 15) is 14.0 Å². The highest BCUT2D eigenvalue weighted by molar-refractivity contribution is 6.31. The lowest BCUT2D eigenvalue weighted by molar-refractivity contribution is -0.119. The molecule has 4 nitrogen and oxygen atoms in total. The minimum absolute atomic E-state index is 0.0399. The molecule has 2 aromatic rings. The molecule has 1 unspecified atom stereocenters. The molecule has 0 aliphatic carbocycles. The third-order valence-electron chi connectivity index (χ3n) is 4.62. The summed E-state index contributed by atoms with van der Waals surface area (Å²) in [6.07, 6.45) is 0.999. The van der Waals surface area contributed by atoms with Crippen molar-refractivity contribution in [1.82, 2.24) is 0 Å². The highest BCUT2D eigenvalue weighted by Crippen LogP contribution is 2.32. The number of amides is 2. The number of carbonyl (C=O) groups excluding carboxylic acids is 2.